The van der Waals surface area contributed by atoms with Crippen molar-refractivity contribution in [2.24, 2.45) is 0 Å². The molecule has 0 unspecified atom stereocenters. The van der Waals surface area contributed by atoms with Gasteiger partial charge in [-0.2, -0.15) is 13.2 Å². The quantitative estimate of drug-likeness (QED) is 0.647. The molecule has 3 rings (SSSR count). The molecule has 0 aliphatic carbocycles. The van der Waals surface area contributed by atoms with Crippen molar-refractivity contribution in [1.29, 1.82) is 0 Å². The first-order valence-corrected chi connectivity index (χ1v) is 9.01. The highest BCUT2D eigenvalue weighted by molar-refractivity contribution is 7.15. The highest BCUT2D eigenvalue weighted by atomic mass is 32.1. The summed E-state index contributed by atoms with van der Waals surface area (Å²) in [6, 6.07) is 8.57. The number of aryl methyl sites for hydroxylation is 1. The van der Waals surface area contributed by atoms with Gasteiger partial charge in [-0.05, 0) is 36.2 Å². The zero-order valence-corrected chi connectivity index (χ0v) is 15.4. The number of amides is 1. The molecule has 2 aromatic heterocycles. The molecule has 27 heavy (non-hydrogen) atoms. The van der Waals surface area contributed by atoms with Crippen LogP contribution in [0.1, 0.15) is 24.4 Å². The minimum atomic E-state index is -4.42. The maximum Gasteiger partial charge on any atom is 0.416 e. The van der Waals surface area contributed by atoms with Gasteiger partial charge < -0.3 is 5.32 Å². The maximum atomic E-state index is 13.1. The third kappa shape index (κ3) is 4.33. The number of hydrogen-bond donors (Lipinski definition) is 1. The Hall–Kier alpha value is -2.74. The Morgan fingerprint density at radius 1 is 1.19 bits per heavy atom. The number of pyridine rings is 1. The SMILES string of the molecule is CCc1nc(-c2cccc(C(F)(F)F)c2)c(-c2ccnc(NC(C)=O)c2)s1. The average Bonchev–Trinajstić information content (AvgIpc) is 3.05. The molecule has 0 saturated carbocycles. The number of thiazole rings is 1. The van der Waals surface area contributed by atoms with Crippen molar-refractivity contribution < 1.29 is 18.0 Å². The van der Waals surface area contributed by atoms with Gasteiger partial charge in [0, 0.05) is 18.7 Å². The first-order chi connectivity index (χ1) is 12.8. The van der Waals surface area contributed by atoms with Gasteiger partial charge in [0.2, 0.25) is 5.91 Å². The molecule has 0 aliphatic heterocycles. The molecule has 1 aromatic carbocycles. The first-order valence-electron chi connectivity index (χ1n) is 8.19. The molecule has 0 radical (unpaired) electrons. The first kappa shape index (κ1) is 19.0. The van der Waals surface area contributed by atoms with Crippen LogP contribution >= 0.6 is 11.3 Å². The van der Waals surface area contributed by atoms with Crippen LogP contribution in [0.3, 0.4) is 0 Å². The fourth-order valence-electron chi connectivity index (χ4n) is 2.57. The van der Waals surface area contributed by atoms with Crippen LogP contribution < -0.4 is 5.32 Å². The number of nitrogens with one attached hydrogen (secondary N) is 1. The standard InChI is InChI=1S/C19H16F3N3OS/c1-3-16-25-17(12-5-4-6-14(9-12)19(20,21)22)18(27-16)13-7-8-23-15(10-13)24-11(2)26/h4-10H,3H2,1-2H3,(H,23,24,26). The van der Waals surface area contributed by atoms with E-state index >= 15 is 0 Å². The normalized spacial score (nSPS) is 11.4. The highest BCUT2D eigenvalue weighted by Crippen LogP contribution is 2.39. The lowest BCUT2D eigenvalue weighted by atomic mass is 10.0. The van der Waals surface area contributed by atoms with E-state index < -0.39 is 11.7 Å². The van der Waals surface area contributed by atoms with Gasteiger partial charge in [0.1, 0.15) is 5.82 Å². The van der Waals surface area contributed by atoms with Crippen LogP contribution in [-0.4, -0.2) is 15.9 Å². The molecule has 1 N–H and O–H groups in total. The molecule has 140 valence electrons. The average molecular weight is 391 g/mol. The van der Waals surface area contributed by atoms with E-state index in [1.54, 1.807) is 24.4 Å². The number of carbonyl (C=O) groups excluding carboxylic acids is 1. The van der Waals surface area contributed by atoms with E-state index in [0.29, 0.717) is 23.5 Å². The van der Waals surface area contributed by atoms with E-state index in [9.17, 15) is 18.0 Å². The van der Waals surface area contributed by atoms with Crippen molar-refractivity contribution in [2.45, 2.75) is 26.4 Å². The monoisotopic (exact) mass is 391 g/mol. The molecule has 0 saturated heterocycles. The van der Waals surface area contributed by atoms with E-state index in [0.717, 1.165) is 27.6 Å². The molecule has 0 aliphatic rings. The number of hydrogen-bond acceptors (Lipinski definition) is 4. The van der Waals surface area contributed by atoms with Crippen LogP contribution in [0.25, 0.3) is 21.7 Å². The molecule has 3 aromatic rings. The largest absolute Gasteiger partial charge is 0.416 e. The maximum absolute atomic E-state index is 13.1. The van der Waals surface area contributed by atoms with E-state index in [2.05, 4.69) is 15.3 Å². The van der Waals surface area contributed by atoms with Crippen LogP contribution in [0.4, 0.5) is 19.0 Å². The number of benzene rings is 1. The number of halogens is 3. The lowest BCUT2D eigenvalue weighted by molar-refractivity contribution is -0.137. The van der Waals surface area contributed by atoms with Gasteiger partial charge in [-0.3, -0.25) is 4.79 Å². The Balaban J connectivity index is 2.11. The lowest BCUT2D eigenvalue weighted by Crippen LogP contribution is -2.07. The summed E-state index contributed by atoms with van der Waals surface area (Å²) in [5, 5.41) is 3.42. The molecule has 8 heteroatoms. The third-order valence-corrected chi connectivity index (χ3v) is 5.01. The zero-order valence-electron chi connectivity index (χ0n) is 14.6. The van der Waals surface area contributed by atoms with Crippen LogP contribution in [0.2, 0.25) is 0 Å². The number of aromatic nitrogens is 2. The highest BCUT2D eigenvalue weighted by Gasteiger charge is 2.31. The van der Waals surface area contributed by atoms with Gasteiger partial charge in [0.15, 0.2) is 0 Å². The second-order valence-electron chi connectivity index (χ2n) is 5.83. The van der Waals surface area contributed by atoms with Crippen molar-refractivity contribution >= 4 is 23.1 Å². The summed E-state index contributed by atoms with van der Waals surface area (Å²) in [4.78, 5) is 20.6. The summed E-state index contributed by atoms with van der Waals surface area (Å²) in [5.41, 5.74) is 0.903. The second kappa shape index (κ2) is 7.48. The minimum Gasteiger partial charge on any atom is -0.311 e. The topological polar surface area (TPSA) is 54.9 Å². The summed E-state index contributed by atoms with van der Waals surface area (Å²) in [5.74, 6) is 0.123. The van der Waals surface area contributed by atoms with Crippen molar-refractivity contribution in [3.63, 3.8) is 0 Å². The van der Waals surface area contributed by atoms with Gasteiger partial charge in [0.05, 0.1) is 21.1 Å². The van der Waals surface area contributed by atoms with Gasteiger partial charge in [-0.15, -0.1) is 11.3 Å². The fraction of sp³-hybridized carbons (Fsp3) is 0.211. The Kier molecular flexibility index (Phi) is 5.27. The summed E-state index contributed by atoms with van der Waals surface area (Å²) >= 11 is 1.42. The number of anilines is 1. The molecular weight excluding hydrogens is 375 g/mol. The fourth-order valence-corrected chi connectivity index (χ4v) is 3.59. The third-order valence-electron chi connectivity index (χ3n) is 3.76. The van der Waals surface area contributed by atoms with Gasteiger partial charge in [0.25, 0.3) is 0 Å². The number of alkyl halides is 3. The predicted molar refractivity (Wildman–Crippen MR) is 99.5 cm³/mol. The van der Waals surface area contributed by atoms with Gasteiger partial charge in [-0.25, -0.2) is 9.97 Å². The van der Waals surface area contributed by atoms with Crippen LogP contribution in [0, 0.1) is 0 Å². The number of nitrogens with zero attached hydrogens (tertiary/aromatic N) is 2. The molecule has 0 atom stereocenters. The van der Waals surface area contributed by atoms with Crippen LogP contribution in [-0.2, 0) is 17.4 Å². The Morgan fingerprint density at radius 3 is 2.63 bits per heavy atom. The van der Waals surface area contributed by atoms with E-state index in [1.807, 2.05) is 6.92 Å². The molecule has 1 amide bonds. The summed E-state index contributed by atoms with van der Waals surface area (Å²) in [6.45, 7) is 3.32. The molecule has 0 spiro atoms. The molecule has 0 bridgehead atoms. The summed E-state index contributed by atoms with van der Waals surface area (Å²) < 4.78 is 39.3. The minimum absolute atomic E-state index is 0.253. The number of rotatable bonds is 4. The molecular formula is C19H16F3N3OS. The zero-order chi connectivity index (χ0) is 19.6. The smallest absolute Gasteiger partial charge is 0.311 e. The van der Waals surface area contributed by atoms with Crippen molar-refractivity contribution in [3.8, 4) is 21.7 Å². The van der Waals surface area contributed by atoms with Crippen molar-refractivity contribution in [1.82, 2.24) is 9.97 Å². The van der Waals surface area contributed by atoms with E-state index in [1.165, 1.54) is 24.3 Å². The molecule has 0 fully saturated rings. The van der Waals surface area contributed by atoms with Crippen molar-refractivity contribution in [3.05, 3.63) is 53.2 Å². The van der Waals surface area contributed by atoms with Crippen molar-refractivity contribution in [2.75, 3.05) is 5.32 Å². The predicted octanol–water partition coefficient (Wildman–Crippen LogP) is 5.41. The number of carbonyl (C=O) groups is 1. The lowest BCUT2D eigenvalue weighted by Gasteiger charge is -2.09. The molecule has 2 heterocycles. The summed E-state index contributed by atoms with van der Waals surface area (Å²) in [7, 11) is 0. The summed E-state index contributed by atoms with van der Waals surface area (Å²) in [6.07, 6.45) is -2.21. The van der Waals surface area contributed by atoms with Gasteiger partial charge >= 0.3 is 6.18 Å². The van der Waals surface area contributed by atoms with Gasteiger partial charge in [-0.1, -0.05) is 19.1 Å². The van der Waals surface area contributed by atoms with E-state index in [4.69, 9.17) is 0 Å². The van der Waals surface area contributed by atoms with Crippen LogP contribution in [0.5, 0.6) is 0 Å². The van der Waals surface area contributed by atoms with E-state index in [-0.39, 0.29) is 5.91 Å². The Labute approximate surface area is 158 Å². The molecule has 4 nitrogen and oxygen atoms in total. The Bertz CT molecular complexity index is 982. The Morgan fingerprint density at radius 2 is 1.96 bits per heavy atom. The van der Waals surface area contributed by atoms with Crippen LogP contribution in [0.15, 0.2) is 42.6 Å². The second-order valence-corrected chi connectivity index (χ2v) is 6.91.